The van der Waals surface area contributed by atoms with Crippen LogP contribution in [0.4, 0.5) is 0 Å². The molecule has 0 unspecified atom stereocenters. The van der Waals surface area contributed by atoms with Gasteiger partial charge in [0.25, 0.3) is 0 Å². The van der Waals surface area contributed by atoms with Crippen molar-refractivity contribution in [3.63, 3.8) is 0 Å². The summed E-state index contributed by atoms with van der Waals surface area (Å²) < 4.78 is 0.864. The largest absolute Gasteiger partial charge is 0.506 e. The number of aromatic hydroxyl groups is 1. The van der Waals surface area contributed by atoms with E-state index in [2.05, 4.69) is 31.1 Å². The Kier molecular flexibility index (Phi) is 4.31. The quantitative estimate of drug-likeness (QED) is 0.450. The van der Waals surface area contributed by atoms with Gasteiger partial charge in [-0.15, -0.1) is 10.2 Å². The average molecular weight is 334 g/mol. The van der Waals surface area contributed by atoms with E-state index in [1.54, 1.807) is 12.3 Å². The highest BCUT2D eigenvalue weighted by Crippen LogP contribution is 2.20. The lowest BCUT2D eigenvalue weighted by molar-refractivity contribution is 0.471. The van der Waals surface area contributed by atoms with Gasteiger partial charge in [0.15, 0.2) is 0 Å². The van der Waals surface area contributed by atoms with Crippen LogP contribution >= 0.6 is 15.9 Å². The molecule has 5 N–H and O–H groups in total. The third kappa shape index (κ3) is 3.33. The molecule has 0 radical (unpaired) electrons. The van der Waals surface area contributed by atoms with Gasteiger partial charge in [-0.3, -0.25) is 4.98 Å². The zero-order valence-corrected chi connectivity index (χ0v) is 11.9. The first-order chi connectivity index (χ1) is 9.58. The summed E-state index contributed by atoms with van der Waals surface area (Å²) in [6, 6.07) is 10.5. The molecule has 1 aromatic heterocycles. The fourth-order valence-corrected chi connectivity index (χ4v) is 1.96. The Labute approximate surface area is 124 Å². The molecule has 2 rings (SSSR count). The minimum Gasteiger partial charge on any atom is -0.506 e. The maximum atomic E-state index is 9.91. The Balaban J connectivity index is 2.60. The van der Waals surface area contributed by atoms with Crippen molar-refractivity contribution >= 4 is 27.6 Å². The lowest BCUT2D eigenvalue weighted by Gasteiger charge is -2.07. The molecule has 0 fully saturated rings. The zero-order chi connectivity index (χ0) is 14.5. The maximum absolute atomic E-state index is 9.91. The number of guanidine groups is 1. The van der Waals surface area contributed by atoms with E-state index in [-0.39, 0.29) is 11.7 Å². The van der Waals surface area contributed by atoms with E-state index in [0.29, 0.717) is 11.4 Å². The minimum atomic E-state index is -0.173. The van der Waals surface area contributed by atoms with Crippen LogP contribution in [-0.4, -0.2) is 21.8 Å². The Morgan fingerprint density at radius 1 is 1.15 bits per heavy atom. The van der Waals surface area contributed by atoms with Crippen LogP contribution in [0.5, 0.6) is 5.75 Å². The summed E-state index contributed by atoms with van der Waals surface area (Å²) in [7, 11) is 0. The Bertz CT molecular complexity index is 680. The Morgan fingerprint density at radius 2 is 1.95 bits per heavy atom. The second-order valence-corrected chi connectivity index (χ2v) is 4.77. The van der Waals surface area contributed by atoms with E-state index in [1.165, 1.54) is 6.07 Å². The van der Waals surface area contributed by atoms with E-state index in [9.17, 15) is 5.11 Å². The fraction of sp³-hybridized carbons (Fsp3) is 0. The van der Waals surface area contributed by atoms with Crippen LogP contribution in [0.2, 0.25) is 0 Å². The van der Waals surface area contributed by atoms with Gasteiger partial charge in [-0.05, 0) is 24.3 Å². The topological polar surface area (TPSA) is 110 Å². The van der Waals surface area contributed by atoms with Gasteiger partial charge in [-0.25, -0.2) is 0 Å². The van der Waals surface area contributed by atoms with Crippen molar-refractivity contribution in [2.75, 3.05) is 0 Å². The predicted molar refractivity (Wildman–Crippen MR) is 81.5 cm³/mol. The van der Waals surface area contributed by atoms with Crippen molar-refractivity contribution in [1.82, 2.24) is 4.98 Å². The Hall–Kier alpha value is -2.41. The maximum Gasteiger partial charge on any atom is 0.211 e. The third-order valence-electron chi connectivity index (χ3n) is 2.37. The highest BCUT2D eigenvalue weighted by Gasteiger charge is 2.13. The second-order valence-electron chi connectivity index (χ2n) is 3.85. The Morgan fingerprint density at radius 3 is 2.60 bits per heavy atom. The molecule has 0 aliphatic heterocycles. The van der Waals surface area contributed by atoms with E-state index >= 15 is 0 Å². The van der Waals surface area contributed by atoms with Crippen molar-refractivity contribution < 1.29 is 5.11 Å². The predicted octanol–water partition coefficient (Wildman–Crippen LogP) is 1.58. The number of nitrogens with zero attached hydrogens (tertiary/aromatic N) is 3. The number of benzene rings is 1. The number of pyridine rings is 1. The van der Waals surface area contributed by atoms with Crippen LogP contribution in [-0.2, 0) is 0 Å². The molecule has 0 saturated carbocycles. The van der Waals surface area contributed by atoms with E-state index < -0.39 is 0 Å². The number of aromatic nitrogens is 1. The summed E-state index contributed by atoms with van der Waals surface area (Å²) in [5, 5.41) is 17.5. The molecule has 0 bridgehead atoms. The summed E-state index contributed by atoms with van der Waals surface area (Å²) in [4.78, 5) is 4.12. The molecule has 0 atom stereocenters. The van der Waals surface area contributed by atoms with Gasteiger partial charge < -0.3 is 16.6 Å². The molecule has 0 aliphatic rings. The van der Waals surface area contributed by atoms with E-state index in [4.69, 9.17) is 11.5 Å². The van der Waals surface area contributed by atoms with Crippen molar-refractivity contribution in [3.8, 4) is 5.75 Å². The highest BCUT2D eigenvalue weighted by atomic mass is 79.9. The first-order valence-corrected chi connectivity index (χ1v) is 6.44. The lowest BCUT2D eigenvalue weighted by Crippen LogP contribution is -2.22. The smallest absolute Gasteiger partial charge is 0.211 e. The minimum absolute atomic E-state index is 0.00276. The van der Waals surface area contributed by atoms with Crippen LogP contribution in [0.3, 0.4) is 0 Å². The van der Waals surface area contributed by atoms with Gasteiger partial charge in [0, 0.05) is 16.2 Å². The van der Waals surface area contributed by atoms with Crippen molar-refractivity contribution in [3.05, 3.63) is 58.3 Å². The summed E-state index contributed by atoms with van der Waals surface area (Å²) in [6.45, 7) is 0. The molecule has 0 saturated heterocycles. The number of hydrogen-bond donors (Lipinski definition) is 3. The molecule has 7 heteroatoms. The molecular formula is C13H12BrN5O. The SMILES string of the molecule is NC(N)=N/N=C(/c1cccc(Br)c1)c1ncccc1O. The van der Waals surface area contributed by atoms with E-state index in [1.807, 2.05) is 24.3 Å². The summed E-state index contributed by atoms with van der Waals surface area (Å²) in [5.74, 6) is -0.176. The zero-order valence-electron chi connectivity index (χ0n) is 10.4. The van der Waals surface area contributed by atoms with Crippen molar-refractivity contribution in [2.24, 2.45) is 21.7 Å². The number of rotatable bonds is 3. The molecule has 20 heavy (non-hydrogen) atoms. The molecule has 6 nitrogen and oxygen atoms in total. The van der Waals surface area contributed by atoms with Crippen LogP contribution in [0.1, 0.15) is 11.3 Å². The first kappa shape index (κ1) is 14.0. The van der Waals surface area contributed by atoms with Crippen LogP contribution in [0.15, 0.2) is 57.3 Å². The lowest BCUT2D eigenvalue weighted by atomic mass is 10.1. The van der Waals surface area contributed by atoms with Crippen LogP contribution in [0, 0.1) is 0 Å². The number of nitrogens with two attached hydrogens (primary N) is 2. The highest BCUT2D eigenvalue weighted by molar-refractivity contribution is 9.10. The molecule has 0 spiro atoms. The fourth-order valence-electron chi connectivity index (χ4n) is 1.56. The summed E-state index contributed by atoms with van der Waals surface area (Å²) in [6.07, 6.45) is 1.55. The van der Waals surface area contributed by atoms with Gasteiger partial charge in [0.1, 0.15) is 17.2 Å². The molecule has 1 aromatic carbocycles. The summed E-state index contributed by atoms with van der Waals surface area (Å²) >= 11 is 3.38. The normalized spacial score (nSPS) is 11.2. The third-order valence-corrected chi connectivity index (χ3v) is 2.87. The second kappa shape index (κ2) is 6.16. The van der Waals surface area contributed by atoms with Gasteiger partial charge >= 0.3 is 0 Å². The summed E-state index contributed by atoms with van der Waals surface area (Å²) in [5.41, 5.74) is 12.0. The van der Waals surface area contributed by atoms with Gasteiger partial charge in [0.2, 0.25) is 5.96 Å². The van der Waals surface area contributed by atoms with E-state index in [0.717, 1.165) is 10.0 Å². The average Bonchev–Trinajstić information content (AvgIpc) is 2.41. The monoisotopic (exact) mass is 333 g/mol. The molecule has 102 valence electrons. The number of halogens is 1. The van der Waals surface area contributed by atoms with Gasteiger partial charge in [-0.2, -0.15) is 0 Å². The molecule has 1 heterocycles. The molecule has 0 aliphatic carbocycles. The number of hydrogen-bond acceptors (Lipinski definition) is 4. The van der Waals surface area contributed by atoms with Gasteiger partial charge in [0.05, 0.1) is 0 Å². The van der Waals surface area contributed by atoms with Crippen LogP contribution < -0.4 is 11.5 Å². The first-order valence-electron chi connectivity index (χ1n) is 5.65. The molecule has 0 amide bonds. The van der Waals surface area contributed by atoms with Gasteiger partial charge in [-0.1, -0.05) is 28.1 Å². The molecular weight excluding hydrogens is 322 g/mol. The molecule has 2 aromatic rings. The van der Waals surface area contributed by atoms with Crippen LogP contribution in [0.25, 0.3) is 0 Å². The van der Waals surface area contributed by atoms with Crippen molar-refractivity contribution in [1.29, 1.82) is 0 Å². The van der Waals surface area contributed by atoms with Crippen molar-refractivity contribution in [2.45, 2.75) is 0 Å². The standard InChI is InChI=1S/C13H12BrN5O/c14-9-4-1-3-8(7-9)11(18-19-13(15)16)12-10(20)5-2-6-17-12/h1-7,20H,(H4,15,16,19)/b18-11-.